The molecule has 1 fully saturated rings. The summed E-state index contributed by atoms with van der Waals surface area (Å²) in [6, 6.07) is 2.06. The van der Waals surface area contributed by atoms with Crippen LogP contribution in [-0.4, -0.2) is 57.2 Å². The molecule has 0 N–H and O–H groups in total. The SMILES string of the molecule is CC[C@]1(C)Cc2nc3sc4c(=O)n(CC(=O)N5CCOCC5)cnc4c3cc2CO1. The second-order valence-electron chi connectivity index (χ2n) is 8.17. The van der Waals surface area contributed by atoms with E-state index >= 15 is 0 Å². The molecule has 2 aliphatic heterocycles. The summed E-state index contributed by atoms with van der Waals surface area (Å²) in [5.41, 5.74) is 2.34. The molecule has 158 valence electrons. The number of pyridine rings is 1. The zero-order valence-electron chi connectivity index (χ0n) is 17.1. The van der Waals surface area contributed by atoms with Crippen LogP contribution < -0.4 is 5.56 Å². The van der Waals surface area contributed by atoms with Crippen molar-refractivity contribution >= 4 is 37.7 Å². The number of carbonyl (C=O) groups excluding carboxylic acids is 1. The van der Waals surface area contributed by atoms with Crippen LogP contribution in [0, 0.1) is 0 Å². The highest BCUT2D eigenvalue weighted by atomic mass is 32.1. The van der Waals surface area contributed by atoms with Crippen molar-refractivity contribution in [1.82, 2.24) is 19.4 Å². The van der Waals surface area contributed by atoms with Crippen molar-refractivity contribution < 1.29 is 14.3 Å². The molecule has 8 nitrogen and oxygen atoms in total. The quantitative estimate of drug-likeness (QED) is 0.635. The molecule has 0 spiro atoms. The summed E-state index contributed by atoms with van der Waals surface area (Å²) < 4.78 is 13.3. The third kappa shape index (κ3) is 3.30. The van der Waals surface area contributed by atoms with Crippen molar-refractivity contribution in [1.29, 1.82) is 0 Å². The number of nitrogens with zero attached hydrogens (tertiary/aromatic N) is 4. The van der Waals surface area contributed by atoms with E-state index in [9.17, 15) is 9.59 Å². The molecule has 2 aliphatic rings. The normalized spacial score (nSPS) is 21.9. The monoisotopic (exact) mass is 428 g/mol. The molecule has 0 radical (unpaired) electrons. The molecular formula is C21H24N4O4S. The van der Waals surface area contributed by atoms with E-state index in [0.717, 1.165) is 34.3 Å². The lowest BCUT2D eigenvalue weighted by Gasteiger charge is -2.33. The molecule has 0 unspecified atom stereocenters. The van der Waals surface area contributed by atoms with Crippen LogP contribution in [0.4, 0.5) is 0 Å². The van der Waals surface area contributed by atoms with Gasteiger partial charge in [0.2, 0.25) is 5.91 Å². The van der Waals surface area contributed by atoms with Crippen molar-refractivity contribution in [2.45, 2.75) is 45.4 Å². The van der Waals surface area contributed by atoms with Crippen LogP contribution >= 0.6 is 11.3 Å². The first kappa shape index (κ1) is 19.6. The van der Waals surface area contributed by atoms with Crippen molar-refractivity contribution in [2.24, 2.45) is 0 Å². The summed E-state index contributed by atoms with van der Waals surface area (Å²) >= 11 is 1.35. The molecule has 5 rings (SSSR count). The molecule has 3 aromatic rings. The fourth-order valence-corrected chi connectivity index (χ4v) is 5.08. The van der Waals surface area contributed by atoms with Crippen LogP contribution in [0.25, 0.3) is 20.4 Å². The first-order valence-corrected chi connectivity index (χ1v) is 11.1. The van der Waals surface area contributed by atoms with Gasteiger partial charge in [0, 0.05) is 30.5 Å². The first-order chi connectivity index (χ1) is 14.5. The summed E-state index contributed by atoms with van der Waals surface area (Å²) in [4.78, 5) is 37.5. The van der Waals surface area contributed by atoms with Gasteiger partial charge in [0.25, 0.3) is 5.56 Å². The van der Waals surface area contributed by atoms with E-state index in [0.29, 0.717) is 43.1 Å². The Morgan fingerprint density at radius 1 is 1.33 bits per heavy atom. The van der Waals surface area contributed by atoms with E-state index < -0.39 is 0 Å². The smallest absolute Gasteiger partial charge is 0.271 e. The van der Waals surface area contributed by atoms with Gasteiger partial charge in [-0.05, 0) is 19.4 Å². The van der Waals surface area contributed by atoms with E-state index in [4.69, 9.17) is 14.5 Å². The number of hydrogen-bond acceptors (Lipinski definition) is 7. The van der Waals surface area contributed by atoms with E-state index in [2.05, 4.69) is 24.9 Å². The molecule has 1 saturated heterocycles. The second kappa shape index (κ2) is 7.40. The van der Waals surface area contributed by atoms with Gasteiger partial charge >= 0.3 is 0 Å². The summed E-state index contributed by atoms with van der Waals surface area (Å²) in [5, 5.41) is 0.876. The third-order valence-corrected chi connectivity index (χ3v) is 7.22. The van der Waals surface area contributed by atoms with E-state index in [1.165, 1.54) is 22.2 Å². The van der Waals surface area contributed by atoms with E-state index in [-0.39, 0.29) is 23.6 Å². The lowest BCUT2D eigenvalue weighted by atomic mass is 9.91. The molecule has 1 amide bonds. The molecule has 0 aromatic carbocycles. The van der Waals surface area contributed by atoms with Crippen LogP contribution in [0.3, 0.4) is 0 Å². The maximum atomic E-state index is 13.1. The van der Waals surface area contributed by atoms with Gasteiger partial charge in [0.05, 0.1) is 43.0 Å². The van der Waals surface area contributed by atoms with Crippen molar-refractivity contribution in [3.63, 3.8) is 0 Å². The Bertz CT molecular complexity index is 1200. The van der Waals surface area contributed by atoms with Crippen LogP contribution in [0.15, 0.2) is 17.2 Å². The lowest BCUT2D eigenvalue weighted by molar-refractivity contribution is -0.135. The number of morpholine rings is 1. The van der Waals surface area contributed by atoms with E-state index in [1.54, 1.807) is 4.90 Å². The van der Waals surface area contributed by atoms with Crippen LogP contribution in [0.5, 0.6) is 0 Å². The lowest BCUT2D eigenvalue weighted by Crippen LogP contribution is -2.43. The first-order valence-electron chi connectivity index (χ1n) is 10.3. The number of hydrogen-bond donors (Lipinski definition) is 0. The summed E-state index contributed by atoms with van der Waals surface area (Å²) in [6.07, 6.45) is 3.15. The second-order valence-corrected chi connectivity index (χ2v) is 9.17. The number of thiophene rings is 1. The van der Waals surface area contributed by atoms with Crippen molar-refractivity contribution in [2.75, 3.05) is 26.3 Å². The summed E-state index contributed by atoms with van der Waals surface area (Å²) in [5.74, 6) is -0.0905. The number of amides is 1. The molecule has 0 aliphatic carbocycles. The maximum Gasteiger partial charge on any atom is 0.271 e. The van der Waals surface area contributed by atoms with Gasteiger partial charge < -0.3 is 14.4 Å². The van der Waals surface area contributed by atoms with Gasteiger partial charge in [-0.3, -0.25) is 14.2 Å². The molecule has 5 heterocycles. The summed E-state index contributed by atoms with van der Waals surface area (Å²) in [7, 11) is 0. The molecule has 1 atom stereocenters. The van der Waals surface area contributed by atoms with Crippen LogP contribution in [0.2, 0.25) is 0 Å². The van der Waals surface area contributed by atoms with Crippen LogP contribution in [-0.2, 0) is 33.8 Å². The predicted molar refractivity (Wildman–Crippen MR) is 114 cm³/mol. The van der Waals surface area contributed by atoms with Gasteiger partial charge in [-0.15, -0.1) is 11.3 Å². The minimum Gasteiger partial charge on any atom is -0.378 e. The minimum absolute atomic E-state index is 0.0113. The molecular weight excluding hydrogens is 404 g/mol. The number of ether oxygens (including phenoxy) is 2. The fourth-order valence-electron chi connectivity index (χ4n) is 4.01. The highest BCUT2D eigenvalue weighted by molar-refractivity contribution is 7.25. The highest BCUT2D eigenvalue weighted by Crippen LogP contribution is 2.35. The predicted octanol–water partition coefficient (Wildman–Crippen LogP) is 2.11. The van der Waals surface area contributed by atoms with Gasteiger partial charge in [0.15, 0.2) is 0 Å². The molecule has 0 saturated carbocycles. The Hall–Kier alpha value is -2.36. The zero-order valence-corrected chi connectivity index (χ0v) is 18.0. The molecule has 3 aromatic heterocycles. The summed E-state index contributed by atoms with van der Waals surface area (Å²) in [6.45, 7) is 6.91. The topological polar surface area (TPSA) is 86.6 Å². The number of carbonyl (C=O) groups is 1. The van der Waals surface area contributed by atoms with Crippen molar-refractivity contribution in [3.8, 4) is 0 Å². The Balaban J connectivity index is 1.51. The Morgan fingerprint density at radius 3 is 2.90 bits per heavy atom. The van der Waals surface area contributed by atoms with Crippen LogP contribution in [0.1, 0.15) is 31.5 Å². The largest absolute Gasteiger partial charge is 0.378 e. The number of fused-ring (bicyclic) bond motifs is 4. The Morgan fingerprint density at radius 2 is 2.13 bits per heavy atom. The van der Waals surface area contributed by atoms with E-state index in [1.807, 2.05) is 0 Å². The molecule has 0 bridgehead atoms. The van der Waals surface area contributed by atoms with Gasteiger partial charge in [0.1, 0.15) is 16.1 Å². The number of aromatic nitrogens is 3. The molecule has 30 heavy (non-hydrogen) atoms. The average Bonchev–Trinajstić information content (AvgIpc) is 3.13. The highest BCUT2D eigenvalue weighted by Gasteiger charge is 2.31. The number of rotatable bonds is 3. The zero-order chi connectivity index (χ0) is 20.9. The maximum absolute atomic E-state index is 13.1. The van der Waals surface area contributed by atoms with Gasteiger partial charge in [-0.25, -0.2) is 9.97 Å². The standard InChI is InChI=1S/C21H24N4O4S/c1-3-21(2)9-15-13(11-29-21)8-14-17-18(30-19(14)23-15)20(27)25(12-22-17)10-16(26)24-4-6-28-7-5-24/h8,12H,3-7,9-11H2,1-2H3/t21-/m1/s1. The average molecular weight is 429 g/mol. The van der Waals surface area contributed by atoms with Gasteiger partial charge in [-0.2, -0.15) is 0 Å². The Kier molecular flexibility index (Phi) is 4.83. The minimum atomic E-state index is -0.199. The molecule has 9 heteroatoms. The Labute approximate surface area is 177 Å². The van der Waals surface area contributed by atoms with Gasteiger partial charge in [-0.1, -0.05) is 6.92 Å². The third-order valence-electron chi connectivity index (χ3n) is 6.14. The fraction of sp³-hybridized carbons (Fsp3) is 0.524. The van der Waals surface area contributed by atoms with Crippen molar-refractivity contribution in [3.05, 3.63) is 34.0 Å².